The number of anilines is 1. The van der Waals surface area contributed by atoms with Crippen LogP contribution in [0.15, 0.2) is 42.5 Å². The number of carbonyl (C=O) groups is 2. The van der Waals surface area contributed by atoms with Gasteiger partial charge in [0.15, 0.2) is 17.6 Å². The van der Waals surface area contributed by atoms with Gasteiger partial charge in [0, 0.05) is 11.8 Å². The summed E-state index contributed by atoms with van der Waals surface area (Å²) in [5.74, 6) is 0.650. The lowest BCUT2D eigenvalue weighted by Gasteiger charge is -2.19. The van der Waals surface area contributed by atoms with Gasteiger partial charge < -0.3 is 19.5 Å². The molecule has 6 nitrogen and oxygen atoms in total. The Morgan fingerprint density at radius 1 is 0.963 bits per heavy atom. The van der Waals surface area contributed by atoms with Gasteiger partial charge in [0.1, 0.15) is 13.2 Å². The Hall–Kier alpha value is -3.02. The number of carbonyl (C=O) groups excluding carboxylic acids is 2. The number of hydrogen-bond donors (Lipinski definition) is 1. The molecule has 1 N–H and O–H groups in total. The molecule has 1 aliphatic rings. The lowest BCUT2D eigenvalue weighted by Crippen LogP contribution is -2.30. The first-order valence-corrected chi connectivity index (χ1v) is 8.95. The normalized spacial score (nSPS) is 13.8. The van der Waals surface area contributed by atoms with Crippen LogP contribution in [0.2, 0.25) is 0 Å². The van der Waals surface area contributed by atoms with E-state index in [0.717, 1.165) is 5.56 Å². The number of nitrogens with one attached hydrogen (secondary N) is 1. The Bertz CT molecular complexity index is 829. The number of esters is 1. The Morgan fingerprint density at radius 2 is 1.63 bits per heavy atom. The predicted molar refractivity (Wildman–Crippen MR) is 101 cm³/mol. The Labute approximate surface area is 158 Å². The van der Waals surface area contributed by atoms with E-state index in [9.17, 15) is 9.59 Å². The van der Waals surface area contributed by atoms with E-state index in [4.69, 9.17) is 14.2 Å². The third-order valence-corrected chi connectivity index (χ3v) is 4.28. The molecule has 1 aliphatic heterocycles. The number of fused-ring (bicyclic) bond motifs is 1. The largest absolute Gasteiger partial charge is 0.486 e. The molecule has 0 saturated heterocycles. The van der Waals surface area contributed by atoms with Gasteiger partial charge in [-0.05, 0) is 42.7 Å². The van der Waals surface area contributed by atoms with Gasteiger partial charge in [0.05, 0.1) is 5.56 Å². The molecule has 27 heavy (non-hydrogen) atoms. The molecule has 1 amide bonds. The van der Waals surface area contributed by atoms with Crippen LogP contribution in [-0.2, 0) is 9.53 Å². The third-order valence-electron chi connectivity index (χ3n) is 4.28. The SMILES string of the molecule is CC(OC(=O)c1ccc(C(C)C)cc1)C(=O)Nc1ccc2c(c1)OCCO2. The van der Waals surface area contributed by atoms with Crippen LogP contribution in [0.4, 0.5) is 5.69 Å². The van der Waals surface area contributed by atoms with Gasteiger partial charge in [-0.3, -0.25) is 4.79 Å². The van der Waals surface area contributed by atoms with Crippen molar-refractivity contribution in [3.05, 3.63) is 53.6 Å². The second kappa shape index (κ2) is 8.12. The monoisotopic (exact) mass is 369 g/mol. The second-order valence-corrected chi connectivity index (χ2v) is 6.67. The molecule has 0 saturated carbocycles. The van der Waals surface area contributed by atoms with Crippen molar-refractivity contribution >= 4 is 17.6 Å². The maximum atomic E-state index is 12.3. The molecule has 0 spiro atoms. The van der Waals surface area contributed by atoms with E-state index >= 15 is 0 Å². The zero-order valence-corrected chi connectivity index (χ0v) is 15.7. The van der Waals surface area contributed by atoms with Gasteiger partial charge >= 0.3 is 5.97 Å². The fourth-order valence-electron chi connectivity index (χ4n) is 2.65. The number of hydrogen-bond acceptors (Lipinski definition) is 5. The van der Waals surface area contributed by atoms with E-state index in [1.54, 1.807) is 30.3 Å². The van der Waals surface area contributed by atoms with E-state index in [2.05, 4.69) is 19.2 Å². The molecule has 0 aromatic heterocycles. The minimum atomic E-state index is -0.935. The Balaban J connectivity index is 1.59. The third kappa shape index (κ3) is 4.58. The number of rotatable bonds is 5. The van der Waals surface area contributed by atoms with Crippen molar-refractivity contribution in [3.8, 4) is 11.5 Å². The lowest BCUT2D eigenvalue weighted by molar-refractivity contribution is -0.123. The Kier molecular flexibility index (Phi) is 5.64. The van der Waals surface area contributed by atoms with Gasteiger partial charge in [-0.1, -0.05) is 26.0 Å². The predicted octanol–water partition coefficient (Wildman–Crippen LogP) is 3.77. The van der Waals surface area contributed by atoms with Crippen molar-refractivity contribution in [1.29, 1.82) is 0 Å². The molecule has 1 heterocycles. The summed E-state index contributed by atoms with van der Waals surface area (Å²) in [4.78, 5) is 24.6. The quantitative estimate of drug-likeness (QED) is 0.812. The molecular formula is C21H23NO5. The maximum Gasteiger partial charge on any atom is 0.338 e. The number of amides is 1. The van der Waals surface area contributed by atoms with Crippen LogP contribution in [0.3, 0.4) is 0 Å². The summed E-state index contributed by atoms with van der Waals surface area (Å²) in [6.07, 6.45) is -0.935. The van der Waals surface area contributed by atoms with Crippen molar-refractivity contribution in [2.45, 2.75) is 32.8 Å². The highest BCUT2D eigenvalue weighted by molar-refractivity contribution is 5.97. The van der Waals surface area contributed by atoms with E-state index in [1.165, 1.54) is 6.92 Å². The molecule has 0 fully saturated rings. The van der Waals surface area contributed by atoms with Crippen LogP contribution in [0, 0.1) is 0 Å². The molecule has 2 aromatic rings. The summed E-state index contributed by atoms with van der Waals surface area (Å²) in [7, 11) is 0. The zero-order valence-electron chi connectivity index (χ0n) is 15.7. The average Bonchev–Trinajstić information content (AvgIpc) is 2.67. The molecule has 0 bridgehead atoms. The van der Waals surface area contributed by atoms with Crippen LogP contribution < -0.4 is 14.8 Å². The summed E-state index contributed by atoms with van der Waals surface area (Å²) in [5.41, 5.74) is 2.10. The summed E-state index contributed by atoms with van der Waals surface area (Å²) in [6, 6.07) is 12.3. The average molecular weight is 369 g/mol. The maximum absolute atomic E-state index is 12.3. The van der Waals surface area contributed by atoms with Crippen LogP contribution in [0.5, 0.6) is 11.5 Å². The summed E-state index contributed by atoms with van der Waals surface area (Å²) in [6.45, 7) is 6.67. The van der Waals surface area contributed by atoms with Crippen molar-refractivity contribution in [2.24, 2.45) is 0 Å². The van der Waals surface area contributed by atoms with Crippen molar-refractivity contribution in [3.63, 3.8) is 0 Å². The van der Waals surface area contributed by atoms with Gasteiger partial charge in [0.2, 0.25) is 0 Å². The highest BCUT2D eigenvalue weighted by Crippen LogP contribution is 2.32. The van der Waals surface area contributed by atoms with Gasteiger partial charge in [-0.25, -0.2) is 4.79 Å². The minimum absolute atomic E-state index is 0.380. The molecule has 142 valence electrons. The molecule has 0 radical (unpaired) electrons. The lowest BCUT2D eigenvalue weighted by atomic mass is 10.0. The first-order chi connectivity index (χ1) is 12.9. The fourth-order valence-corrected chi connectivity index (χ4v) is 2.65. The smallest absolute Gasteiger partial charge is 0.338 e. The van der Waals surface area contributed by atoms with Crippen LogP contribution in [-0.4, -0.2) is 31.2 Å². The van der Waals surface area contributed by atoms with Crippen LogP contribution in [0.25, 0.3) is 0 Å². The minimum Gasteiger partial charge on any atom is -0.486 e. The molecule has 0 aliphatic carbocycles. The highest BCUT2D eigenvalue weighted by Gasteiger charge is 2.20. The van der Waals surface area contributed by atoms with Crippen molar-refractivity contribution in [2.75, 3.05) is 18.5 Å². The number of benzene rings is 2. The van der Waals surface area contributed by atoms with E-state index in [0.29, 0.717) is 41.9 Å². The van der Waals surface area contributed by atoms with Crippen molar-refractivity contribution < 1.29 is 23.8 Å². The molecule has 3 rings (SSSR count). The molecular weight excluding hydrogens is 346 g/mol. The van der Waals surface area contributed by atoms with Crippen LogP contribution >= 0.6 is 0 Å². The molecule has 2 aromatic carbocycles. The van der Waals surface area contributed by atoms with Gasteiger partial charge in [-0.15, -0.1) is 0 Å². The first-order valence-electron chi connectivity index (χ1n) is 8.95. The van der Waals surface area contributed by atoms with Gasteiger partial charge in [0.25, 0.3) is 5.91 Å². The van der Waals surface area contributed by atoms with E-state index in [1.807, 2.05) is 12.1 Å². The summed E-state index contributed by atoms with van der Waals surface area (Å²) >= 11 is 0. The van der Waals surface area contributed by atoms with Crippen LogP contribution in [0.1, 0.15) is 42.6 Å². The van der Waals surface area contributed by atoms with Gasteiger partial charge in [-0.2, -0.15) is 0 Å². The highest BCUT2D eigenvalue weighted by atomic mass is 16.6. The fraction of sp³-hybridized carbons (Fsp3) is 0.333. The Morgan fingerprint density at radius 3 is 2.30 bits per heavy atom. The molecule has 6 heteroatoms. The second-order valence-electron chi connectivity index (χ2n) is 6.67. The van der Waals surface area contributed by atoms with E-state index in [-0.39, 0.29) is 0 Å². The molecule has 1 unspecified atom stereocenters. The zero-order chi connectivity index (χ0) is 19.4. The molecule has 1 atom stereocenters. The first kappa shape index (κ1) is 18.8. The standard InChI is InChI=1S/C21H23NO5/c1-13(2)15-4-6-16(7-5-15)21(24)27-14(3)20(23)22-17-8-9-18-19(12-17)26-11-10-25-18/h4-9,12-14H,10-11H2,1-3H3,(H,22,23). The van der Waals surface area contributed by atoms with E-state index < -0.39 is 18.0 Å². The van der Waals surface area contributed by atoms with Crippen molar-refractivity contribution in [1.82, 2.24) is 0 Å². The summed E-state index contributed by atoms with van der Waals surface area (Å²) in [5, 5.41) is 2.72. The topological polar surface area (TPSA) is 73.9 Å². The number of ether oxygens (including phenoxy) is 3. The summed E-state index contributed by atoms with van der Waals surface area (Å²) < 4.78 is 16.2.